The number of amides is 2. The van der Waals surface area contributed by atoms with E-state index in [0.717, 1.165) is 5.56 Å². The molecule has 2 amide bonds. The van der Waals surface area contributed by atoms with Gasteiger partial charge in [-0.3, -0.25) is 4.55 Å². The Morgan fingerprint density at radius 2 is 2.07 bits per heavy atom. The molecule has 0 bridgehead atoms. The first-order valence-corrected chi connectivity index (χ1v) is 9.69. The molecule has 12 heteroatoms. The minimum atomic E-state index is -4.80. The number of pyridine rings is 1. The second kappa shape index (κ2) is 7.58. The van der Waals surface area contributed by atoms with Gasteiger partial charge < -0.3 is 9.32 Å². The topological polar surface area (TPSA) is 130 Å². The molecule has 0 aliphatic carbocycles. The van der Waals surface area contributed by atoms with E-state index in [1.165, 1.54) is 4.90 Å². The quantitative estimate of drug-likeness (QED) is 0.580. The number of aromatic nitrogens is 3. The number of hydroxylamine groups is 2. The van der Waals surface area contributed by atoms with Crippen LogP contribution in [0, 0.1) is 0 Å². The lowest BCUT2D eigenvalue weighted by molar-refractivity contribution is -0.671. The summed E-state index contributed by atoms with van der Waals surface area (Å²) in [5.41, 5.74) is 0.742. The largest absolute Gasteiger partial charge is 0.418 e. The Kier molecular flexibility index (Phi) is 5.39. The Morgan fingerprint density at radius 1 is 1.37 bits per heavy atom. The highest BCUT2D eigenvalue weighted by Crippen LogP contribution is 2.30. The zero-order valence-corrected chi connectivity index (χ0v) is 15.7. The Labute approximate surface area is 156 Å². The molecule has 146 valence electrons. The molecule has 3 heterocycles. The number of rotatable bonds is 5. The molecule has 0 aromatic carbocycles. The molecule has 1 saturated heterocycles. The lowest BCUT2D eigenvalue weighted by atomic mass is 10.1. The molecule has 1 aliphatic heterocycles. The van der Waals surface area contributed by atoms with Crippen molar-refractivity contribution in [1.82, 2.24) is 20.2 Å². The molecule has 0 unspecified atom stereocenters. The normalized spacial score (nSPS) is 18.6. The van der Waals surface area contributed by atoms with Crippen molar-refractivity contribution in [1.29, 1.82) is 0 Å². The van der Waals surface area contributed by atoms with Crippen molar-refractivity contribution in [2.24, 2.45) is 7.05 Å². The predicted molar refractivity (Wildman–Crippen MR) is 90.0 cm³/mol. The molecule has 1 fully saturated rings. The van der Waals surface area contributed by atoms with Crippen LogP contribution in [-0.2, 0) is 21.7 Å². The number of hydrogen-bond donors (Lipinski definition) is 1. The molecule has 27 heavy (non-hydrogen) atoms. The SMILES string of the molecule is CCN1C(=O)N(OS(=O)(=O)O)CCC[C@H]1c1nnc(-c2cc[n+](C)cc2)o1. The van der Waals surface area contributed by atoms with Gasteiger partial charge in [-0.05, 0) is 19.8 Å². The maximum absolute atomic E-state index is 12.6. The highest BCUT2D eigenvalue weighted by molar-refractivity contribution is 7.80. The molecular formula is C15H20N5O6S+. The number of nitrogens with zero attached hydrogens (tertiary/aromatic N) is 5. The van der Waals surface area contributed by atoms with Crippen LogP contribution in [0.15, 0.2) is 28.9 Å². The van der Waals surface area contributed by atoms with Gasteiger partial charge in [-0.2, -0.15) is 13.5 Å². The Morgan fingerprint density at radius 3 is 2.70 bits per heavy atom. The van der Waals surface area contributed by atoms with Crippen LogP contribution in [0.1, 0.15) is 31.7 Å². The highest BCUT2D eigenvalue weighted by Gasteiger charge is 2.36. The minimum Gasteiger partial charge on any atom is -0.418 e. The van der Waals surface area contributed by atoms with Crippen molar-refractivity contribution in [2.75, 3.05) is 13.1 Å². The monoisotopic (exact) mass is 398 g/mol. The van der Waals surface area contributed by atoms with Gasteiger partial charge in [0, 0.05) is 18.7 Å². The van der Waals surface area contributed by atoms with Crippen molar-refractivity contribution in [3.8, 4) is 11.5 Å². The first kappa shape index (κ1) is 19.2. The van der Waals surface area contributed by atoms with Crippen molar-refractivity contribution >= 4 is 16.4 Å². The number of hydrogen-bond acceptors (Lipinski definition) is 7. The zero-order chi connectivity index (χ0) is 19.6. The molecule has 1 aliphatic rings. The summed E-state index contributed by atoms with van der Waals surface area (Å²) in [6.07, 6.45) is 4.58. The third-order valence-electron chi connectivity index (χ3n) is 4.15. The Balaban J connectivity index is 1.85. The summed E-state index contributed by atoms with van der Waals surface area (Å²) in [7, 11) is -2.91. The van der Waals surface area contributed by atoms with E-state index in [-0.39, 0.29) is 19.0 Å². The van der Waals surface area contributed by atoms with Crippen molar-refractivity contribution in [2.45, 2.75) is 25.8 Å². The number of carbonyl (C=O) groups is 1. The smallest absolute Gasteiger partial charge is 0.418 e. The van der Waals surface area contributed by atoms with Crippen LogP contribution in [0.5, 0.6) is 0 Å². The molecule has 2 aromatic rings. The molecule has 0 spiro atoms. The minimum absolute atomic E-state index is 0.00179. The number of aryl methyl sites for hydroxylation is 1. The summed E-state index contributed by atoms with van der Waals surface area (Å²) < 4.78 is 42.8. The lowest BCUT2D eigenvalue weighted by Crippen LogP contribution is -2.43. The van der Waals surface area contributed by atoms with Crippen LogP contribution in [0.4, 0.5) is 4.79 Å². The first-order chi connectivity index (χ1) is 12.8. The number of carbonyl (C=O) groups excluding carboxylic acids is 1. The lowest BCUT2D eigenvalue weighted by Gasteiger charge is -2.28. The van der Waals surface area contributed by atoms with E-state index >= 15 is 0 Å². The van der Waals surface area contributed by atoms with Gasteiger partial charge in [0.15, 0.2) is 12.4 Å². The van der Waals surface area contributed by atoms with E-state index in [9.17, 15) is 13.2 Å². The van der Waals surface area contributed by atoms with Crippen LogP contribution < -0.4 is 4.57 Å². The van der Waals surface area contributed by atoms with Gasteiger partial charge in [-0.15, -0.1) is 14.5 Å². The molecule has 0 saturated carbocycles. The van der Waals surface area contributed by atoms with E-state index in [4.69, 9.17) is 8.97 Å². The zero-order valence-electron chi connectivity index (χ0n) is 14.8. The summed E-state index contributed by atoms with van der Waals surface area (Å²) in [4.78, 5) is 14.0. The second-order valence-electron chi connectivity index (χ2n) is 6.03. The van der Waals surface area contributed by atoms with Crippen LogP contribution in [0.2, 0.25) is 0 Å². The summed E-state index contributed by atoms with van der Waals surface area (Å²) in [6.45, 7) is 1.99. The highest BCUT2D eigenvalue weighted by atomic mass is 32.3. The molecule has 1 N–H and O–H groups in total. The van der Waals surface area contributed by atoms with Gasteiger partial charge in [-0.1, -0.05) is 0 Å². The molecule has 11 nitrogen and oxygen atoms in total. The molecule has 2 aromatic heterocycles. The third-order valence-corrected chi connectivity index (χ3v) is 4.52. The first-order valence-electron chi connectivity index (χ1n) is 8.32. The van der Waals surface area contributed by atoms with Crippen LogP contribution in [0.3, 0.4) is 0 Å². The molecule has 1 atom stereocenters. The van der Waals surface area contributed by atoms with Crippen LogP contribution in [-0.4, -0.2) is 52.3 Å². The third kappa shape index (κ3) is 4.40. The van der Waals surface area contributed by atoms with Crippen LogP contribution in [0.25, 0.3) is 11.5 Å². The van der Waals surface area contributed by atoms with Crippen molar-refractivity contribution in [3.63, 3.8) is 0 Å². The summed E-state index contributed by atoms with van der Waals surface area (Å²) in [5.74, 6) is 0.575. The van der Waals surface area contributed by atoms with E-state index in [2.05, 4.69) is 14.5 Å². The fraction of sp³-hybridized carbons (Fsp3) is 0.467. The van der Waals surface area contributed by atoms with Gasteiger partial charge in [-0.25, -0.2) is 9.36 Å². The summed E-state index contributed by atoms with van der Waals surface area (Å²) >= 11 is 0. The van der Waals surface area contributed by atoms with E-state index in [1.807, 2.05) is 36.1 Å². The summed E-state index contributed by atoms with van der Waals surface area (Å²) in [6, 6.07) is 2.42. The van der Waals surface area contributed by atoms with Crippen molar-refractivity contribution < 1.29 is 31.0 Å². The van der Waals surface area contributed by atoms with E-state index in [0.29, 0.717) is 23.8 Å². The Hall–Kier alpha value is -2.57. The van der Waals surface area contributed by atoms with Crippen LogP contribution >= 0.6 is 0 Å². The average molecular weight is 398 g/mol. The van der Waals surface area contributed by atoms with Gasteiger partial charge in [0.05, 0.1) is 12.1 Å². The average Bonchev–Trinajstić information content (AvgIpc) is 3.03. The van der Waals surface area contributed by atoms with Gasteiger partial charge in [0.2, 0.25) is 11.8 Å². The number of urea groups is 1. The molecular weight excluding hydrogens is 378 g/mol. The van der Waals surface area contributed by atoms with Gasteiger partial charge >= 0.3 is 16.4 Å². The molecule has 0 radical (unpaired) electrons. The predicted octanol–water partition coefficient (Wildman–Crippen LogP) is 0.874. The van der Waals surface area contributed by atoms with Gasteiger partial charge in [0.25, 0.3) is 0 Å². The maximum atomic E-state index is 12.6. The molecule has 3 rings (SSSR count). The standard InChI is InChI=1S/C15H19N5O6S/c1-3-19-12(5-4-8-20(15(19)21)26-27(22,23)24)14-17-16-13(25-14)11-6-9-18(2)10-7-11/h6-7,9-10,12H,3-5,8H2,1-2H3/p+1/t12-/m0/s1. The fourth-order valence-electron chi connectivity index (χ4n) is 2.88. The fourth-order valence-corrected chi connectivity index (χ4v) is 3.25. The summed E-state index contributed by atoms with van der Waals surface area (Å²) in [5, 5.41) is 8.74. The Bertz CT molecular complexity index is 913. The van der Waals surface area contributed by atoms with E-state index < -0.39 is 22.5 Å². The maximum Gasteiger partial charge on any atom is 0.418 e. The van der Waals surface area contributed by atoms with E-state index in [1.54, 1.807) is 6.92 Å². The van der Waals surface area contributed by atoms with Gasteiger partial charge in [0.1, 0.15) is 13.1 Å². The second-order valence-corrected chi connectivity index (χ2v) is 7.03. The van der Waals surface area contributed by atoms with Crippen molar-refractivity contribution in [3.05, 3.63) is 30.4 Å².